The van der Waals surface area contributed by atoms with Crippen molar-refractivity contribution in [3.05, 3.63) is 48.0 Å². The molecule has 0 amide bonds. The molecule has 1 aromatic carbocycles. The molecule has 1 heterocycles. The van der Waals surface area contributed by atoms with Crippen molar-refractivity contribution < 1.29 is 26.0 Å². The molecule has 1 aromatic heterocycles. The zero-order valence-electron chi connectivity index (χ0n) is 10.7. The van der Waals surface area contributed by atoms with Crippen molar-refractivity contribution in [2.75, 3.05) is 4.72 Å². The van der Waals surface area contributed by atoms with E-state index in [0.717, 1.165) is 24.4 Å². The van der Waals surface area contributed by atoms with Gasteiger partial charge in [-0.1, -0.05) is 6.07 Å². The second-order valence-electron chi connectivity index (χ2n) is 4.27. The molecule has 22 heavy (non-hydrogen) atoms. The van der Waals surface area contributed by atoms with Gasteiger partial charge in [0.1, 0.15) is 11.5 Å². The molecule has 10 heteroatoms. The fourth-order valence-corrected chi connectivity index (χ4v) is 2.15. The van der Waals surface area contributed by atoms with Crippen LogP contribution in [0.4, 0.5) is 23.2 Å². The van der Waals surface area contributed by atoms with E-state index in [-0.39, 0.29) is 16.8 Å². The van der Waals surface area contributed by atoms with Crippen LogP contribution < -0.4 is 9.86 Å². The maximum Gasteiger partial charge on any atom is 0.433 e. The van der Waals surface area contributed by atoms with E-state index >= 15 is 0 Å². The van der Waals surface area contributed by atoms with Crippen LogP contribution in [0.5, 0.6) is 0 Å². The third-order valence-electron chi connectivity index (χ3n) is 2.59. The molecule has 0 aliphatic heterocycles. The number of anilines is 1. The summed E-state index contributed by atoms with van der Waals surface area (Å²) in [5.41, 5.74) is -1.11. The number of rotatable bonds is 3. The topological polar surface area (TPSA) is 85.1 Å². The molecule has 118 valence electrons. The predicted octanol–water partition coefficient (Wildman–Crippen LogP) is 2.52. The zero-order chi connectivity index (χ0) is 16.5. The van der Waals surface area contributed by atoms with Gasteiger partial charge >= 0.3 is 6.18 Å². The van der Waals surface area contributed by atoms with Gasteiger partial charge in [-0.25, -0.2) is 9.53 Å². The quantitative estimate of drug-likeness (QED) is 0.845. The highest BCUT2D eigenvalue weighted by atomic mass is 32.2. The van der Waals surface area contributed by atoms with Gasteiger partial charge in [-0.2, -0.15) is 21.6 Å². The molecule has 5 nitrogen and oxygen atoms in total. The average molecular weight is 335 g/mol. The standard InChI is InChI=1S/C12H9F4N3O2S/c13-10-5-8(19-22(17,20)21)2-3-9(10)7-1-4-11(18-6-7)12(14,15)16/h1-6,19H,(H2,17,20,21). The number of nitrogens with zero attached hydrogens (tertiary/aromatic N) is 1. The first-order valence-electron chi connectivity index (χ1n) is 5.70. The van der Waals surface area contributed by atoms with E-state index in [4.69, 9.17) is 5.14 Å². The SMILES string of the molecule is NS(=O)(=O)Nc1ccc(-c2ccc(C(F)(F)F)nc2)c(F)c1. The molecule has 0 unspecified atom stereocenters. The molecule has 0 atom stereocenters. The van der Waals surface area contributed by atoms with E-state index in [1.807, 2.05) is 4.72 Å². The molecule has 0 saturated heterocycles. The molecule has 2 aromatic rings. The maximum absolute atomic E-state index is 13.9. The number of aromatic nitrogens is 1. The van der Waals surface area contributed by atoms with Crippen LogP contribution in [-0.4, -0.2) is 13.4 Å². The van der Waals surface area contributed by atoms with Crippen molar-refractivity contribution in [2.24, 2.45) is 5.14 Å². The average Bonchev–Trinajstić information content (AvgIpc) is 2.36. The largest absolute Gasteiger partial charge is 0.433 e. The lowest BCUT2D eigenvalue weighted by molar-refractivity contribution is -0.141. The van der Waals surface area contributed by atoms with Gasteiger partial charge in [0.05, 0.1) is 5.69 Å². The van der Waals surface area contributed by atoms with Crippen molar-refractivity contribution in [3.8, 4) is 11.1 Å². The summed E-state index contributed by atoms with van der Waals surface area (Å²) >= 11 is 0. The number of halogens is 4. The molecule has 0 aliphatic carbocycles. The highest BCUT2D eigenvalue weighted by Gasteiger charge is 2.32. The van der Waals surface area contributed by atoms with Gasteiger partial charge in [0.25, 0.3) is 10.2 Å². The van der Waals surface area contributed by atoms with Gasteiger partial charge < -0.3 is 0 Å². The molecular weight excluding hydrogens is 326 g/mol. The van der Waals surface area contributed by atoms with Crippen LogP contribution in [-0.2, 0) is 16.4 Å². The van der Waals surface area contributed by atoms with Gasteiger partial charge in [-0.05, 0) is 24.3 Å². The first-order chi connectivity index (χ1) is 10.1. The Morgan fingerprint density at radius 1 is 1.14 bits per heavy atom. The lowest BCUT2D eigenvalue weighted by Gasteiger charge is -2.09. The van der Waals surface area contributed by atoms with E-state index in [0.29, 0.717) is 0 Å². The number of hydrogen-bond donors (Lipinski definition) is 2. The van der Waals surface area contributed by atoms with Crippen molar-refractivity contribution in [2.45, 2.75) is 6.18 Å². The Morgan fingerprint density at radius 2 is 1.82 bits per heavy atom. The first-order valence-corrected chi connectivity index (χ1v) is 7.24. The number of pyridine rings is 1. The monoisotopic (exact) mass is 335 g/mol. The molecule has 2 rings (SSSR count). The van der Waals surface area contributed by atoms with Crippen molar-refractivity contribution in [1.82, 2.24) is 4.98 Å². The zero-order valence-corrected chi connectivity index (χ0v) is 11.5. The second kappa shape index (κ2) is 5.54. The molecular formula is C12H9F4N3O2S. The second-order valence-corrected chi connectivity index (χ2v) is 5.57. The molecule has 0 bridgehead atoms. The molecule has 0 radical (unpaired) electrons. The minimum absolute atomic E-state index is 0.0267. The number of nitrogens with one attached hydrogen (secondary N) is 1. The number of hydrogen-bond acceptors (Lipinski definition) is 3. The summed E-state index contributed by atoms with van der Waals surface area (Å²) in [4.78, 5) is 3.23. The smallest absolute Gasteiger partial charge is 0.271 e. The van der Waals surface area contributed by atoms with Gasteiger partial charge in [-0.15, -0.1) is 0 Å². The Kier molecular flexibility index (Phi) is 4.07. The van der Waals surface area contributed by atoms with Crippen molar-refractivity contribution >= 4 is 15.9 Å². The van der Waals surface area contributed by atoms with Crippen LogP contribution in [0.25, 0.3) is 11.1 Å². The van der Waals surface area contributed by atoms with Gasteiger partial charge in [0.2, 0.25) is 0 Å². The Bertz CT molecular complexity index is 789. The number of nitrogens with two attached hydrogens (primary N) is 1. The summed E-state index contributed by atoms with van der Waals surface area (Å²) < 4.78 is 74.6. The first kappa shape index (κ1) is 16.2. The minimum atomic E-state index is -4.58. The Labute approximate surface area is 123 Å². The maximum atomic E-state index is 13.9. The predicted molar refractivity (Wildman–Crippen MR) is 71.4 cm³/mol. The van der Waals surface area contributed by atoms with Gasteiger partial charge in [-0.3, -0.25) is 9.71 Å². The minimum Gasteiger partial charge on any atom is -0.271 e. The highest BCUT2D eigenvalue weighted by Crippen LogP contribution is 2.30. The Morgan fingerprint density at radius 3 is 2.27 bits per heavy atom. The fraction of sp³-hybridized carbons (Fsp3) is 0.0833. The summed E-state index contributed by atoms with van der Waals surface area (Å²) in [7, 11) is -4.05. The number of benzene rings is 1. The third kappa shape index (κ3) is 3.92. The van der Waals surface area contributed by atoms with Gasteiger partial charge in [0, 0.05) is 17.3 Å². The lowest BCUT2D eigenvalue weighted by atomic mass is 10.1. The third-order valence-corrected chi connectivity index (χ3v) is 3.11. The van der Waals surface area contributed by atoms with E-state index < -0.39 is 27.9 Å². The van der Waals surface area contributed by atoms with E-state index in [1.165, 1.54) is 12.1 Å². The molecule has 3 N–H and O–H groups in total. The number of alkyl halides is 3. The van der Waals surface area contributed by atoms with Crippen LogP contribution in [0, 0.1) is 5.82 Å². The summed E-state index contributed by atoms with van der Waals surface area (Å²) in [6.45, 7) is 0. The Hall–Kier alpha value is -2.20. The molecule has 0 aliphatic rings. The molecule has 0 fully saturated rings. The molecule has 0 spiro atoms. The van der Waals surface area contributed by atoms with E-state index in [1.54, 1.807) is 0 Å². The fourth-order valence-electron chi connectivity index (χ4n) is 1.70. The van der Waals surface area contributed by atoms with E-state index in [9.17, 15) is 26.0 Å². The van der Waals surface area contributed by atoms with E-state index in [2.05, 4.69) is 4.98 Å². The lowest BCUT2D eigenvalue weighted by Crippen LogP contribution is -2.21. The van der Waals surface area contributed by atoms with Crippen molar-refractivity contribution in [3.63, 3.8) is 0 Å². The highest BCUT2D eigenvalue weighted by molar-refractivity contribution is 7.90. The van der Waals surface area contributed by atoms with Crippen LogP contribution >= 0.6 is 0 Å². The van der Waals surface area contributed by atoms with Gasteiger partial charge in [0.15, 0.2) is 0 Å². The summed E-state index contributed by atoms with van der Waals surface area (Å²) in [5, 5.41) is 4.75. The Balaban J connectivity index is 2.34. The molecule has 0 saturated carbocycles. The van der Waals surface area contributed by atoms with Crippen molar-refractivity contribution in [1.29, 1.82) is 0 Å². The normalized spacial score (nSPS) is 12.2. The summed E-state index contributed by atoms with van der Waals surface area (Å²) in [6.07, 6.45) is -3.70. The summed E-state index contributed by atoms with van der Waals surface area (Å²) in [6, 6.07) is 5.08. The van der Waals surface area contributed by atoms with Crippen LogP contribution in [0.2, 0.25) is 0 Å². The van der Waals surface area contributed by atoms with Crippen LogP contribution in [0.3, 0.4) is 0 Å². The van der Waals surface area contributed by atoms with Crippen LogP contribution in [0.1, 0.15) is 5.69 Å². The summed E-state index contributed by atoms with van der Waals surface area (Å²) in [5.74, 6) is -0.838. The van der Waals surface area contributed by atoms with Crippen LogP contribution in [0.15, 0.2) is 36.5 Å².